The molecule has 1 aromatic carbocycles. The molecule has 1 aliphatic rings. The number of benzene rings is 1. The molecule has 0 aliphatic carbocycles. The summed E-state index contributed by atoms with van der Waals surface area (Å²) in [7, 11) is 1.72. The Hall–Kier alpha value is -1.06. The predicted octanol–water partition coefficient (Wildman–Crippen LogP) is 2.36. The molecule has 1 N–H and O–H groups in total. The van der Waals surface area contributed by atoms with Crippen molar-refractivity contribution in [2.75, 3.05) is 20.3 Å². The van der Waals surface area contributed by atoms with Crippen LogP contribution in [0.5, 0.6) is 5.75 Å². The summed E-state index contributed by atoms with van der Waals surface area (Å²) in [6.45, 7) is 8.05. The molecular weight excluding hydrogens is 214 g/mol. The van der Waals surface area contributed by atoms with Gasteiger partial charge in [-0.2, -0.15) is 0 Å². The van der Waals surface area contributed by atoms with Gasteiger partial charge >= 0.3 is 0 Å². The Kier molecular flexibility index (Phi) is 3.69. The SMILES string of the molecule is COc1cc(C)c(C)cc1C1OCCNC1C. The maximum Gasteiger partial charge on any atom is 0.125 e. The first-order valence-corrected chi connectivity index (χ1v) is 6.13. The summed E-state index contributed by atoms with van der Waals surface area (Å²) in [5, 5.41) is 3.44. The molecule has 0 amide bonds. The lowest BCUT2D eigenvalue weighted by molar-refractivity contribution is -0.00154. The molecule has 1 aromatic rings. The van der Waals surface area contributed by atoms with Gasteiger partial charge in [-0.1, -0.05) is 0 Å². The highest BCUT2D eigenvalue weighted by Crippen LogP contribution is 2.33. The number of nitrogens with one attached hydrogen (secondary N) is 1. The summed E-state index contributed by atoms with van der Waals surface area (Å²) >= 11 is 0. The zero-order chi connectivity index (χ0) is 12.4. The van der Waals surface area contributed by atoms with Crippen LogP contribution < -0.4 is 10.1 Å². The van der Waals surface area contributed by atoms with Gasteiger partial charge < -0.3 is 14.8 Å². The zero-order valence-corrected chi connectivity index (χ0v) is 11.0. The molecule has 0 aromatic heterocycles. The third-order valence-corrected chi connectivity index (χ3v) is 3.47. The average Bonchev–Trinajstić information content (AvgIpc) is 2.33. The van der Waals surface area contributed by atoms with Crippen LogP contribution in [0.3, 0.4) is 0 Å². The number of hydrogen-bond acceptors (Lipinski definition) is 3. The molecule has 2 unspecified atom stereocenters. The summed E-state index contributed by atoms with van der Waals surface area (Å²) in [4.78, 5) is 0. The fraction of sp³-hybridized carbons (Fsp3) is 0.571. The van der Waals surface area contributed by atoms with Crippen molar-refractivity contribution >= 4 is 0 Å². The molecule has 1 heterocycles. The summed E-state index contributed by atoms with van der Waals surface area (Å²) in [6, 6.07) is 4.59. The Morgan fingerprint density at radius 2 is 2.00 bits per heavy atom. The van der Waals surface area contributed by atoms with Gasteiger partial charge in [0.15, 0.2) is 0 Å². The Labute approximate surface area is 103 Å². The van der Waals surface area contributed by atoms with E-state index in [2.05, 4.69) is 38.2 Å². The van der Waals surface area contributed by atoms with Crippen LogP contribution in [-0.4, -0.2) is 26.3 Å². The van der Waals surface area contributed by atoms with Gasteiger partial charge in [0.2, 0.25) is 0 Å². The Morgan fingerprint density at radius 3 is 2.65 bits per heavy atom. The van der Waals surface area contributed by atoms with Crippen molar-refractivity contribution in [3.63, 3.8) is 0 Å². The lowest BCUT2D eigenvalue weighted by Crippen LogP contribution is -2.41. The second-order valence-corrected chi connectivity index (χ2v) is 4.71. The molecular formula is C14H21NO2. The second kappa shape index (κ2) is 5.07. The predicted molar refractivity (Wildman–Crippen MR) is 68.6 cm³/mol. The number of aryl methyl sites for hydroxylation is 2. The summed E-state index contributed by atoms with van der Waals surface area (Å²) < 4.78 is 11.3. The normalized spacial score (nSPS) is 24.7. The molecule has 2 rings (SSSR count). The molecule has 3 heteroatoms. The first-order valence-electron chi connectivity index (χ1n) is 6.13. The molecule has 2 atom stereocenters. The maximum absolute atomic E-state index is 5.87. The van der Waals surface area contributed by atoms with E-state index in [-0.39, 0.29) is 6.10 Å². The highest BCUT2D eigenvalue weighted by Gasteiger charge is 2.26. The van der Waals surface area contributed by atoms with Crippen molar-refractivity contribution in [1.82, 2.24) is 5.32 Å². The minimum Gasteiger partial charge on any atom is -0.496 e. The van der Waals surface area contributed by atoms with E-state index in [4.69, 9.17) is 9.47 Å². The Balaban J connectivity index is 2.38. The van der Waals surface area contributed by atoms with E-state index in [1.54, 1.807) is 7.11 Å². The molecule has 1 fully saturated rings. The van der Waals surface area contributed by atoms with Crippen molar-refractivity contribution in [2.45, 2.75) is 32.9 Å². The van der Waals surface area contributed by atoms with Crippen molar-refractivity contribution in [1.29, 1.82) is 0 Å². The summed E-state index contributed by atoms with van der Waals surface area (Å²) in [5.41, 5.74) is 3.68. The van der Waals surface area contributed by atoms with Crippen molar-refractivity contribution in [3.8, 4) is 5.75 Å². The van der Waals surface area contributed by atoms with E-state index < -0.39 is 0 Å². The lowest BCUT2D eigenvalue weighted by Gasteiger charge is -2.31. The minimum atomic E-state index is 0.0815. The first kappa shape index (κ1) is 12.4. The molecule has 0 radical (unpaired) electrons. The number of hydrogen-bond donors (Lipinski definition) is 1. The standard InChI is InChI=1S/C14H21NO2/c1-9-7-12(13(16-4)8-10(9)2)14-11(3)15-5-6-17-14/h7-8,11,14-15H,5-6H2,1-4H3. The molecule has 1 saturated heterocycles. The van der Waals surface area contributed by atoms with Crippen LogP contribution >= 0.6 is 0 Å². The number of rotatable bonds is 2. The highest BCUT2D eigenvalue weighted by molar-refractivity contribution is 5.43. The van der Waals surface area contributed by atoms with E-state index >= 15 is 0 Å². The van der Waals surface area contributed by atoms with Gasteiger partial charge in [-0.25, -0.2) is 0 Å². The molecule has 0 spiro atoms. The second-order valence-electron chi connectivity index (χ2n) is 4.71. The maximum atomic E-state index is 5.87. The van der Waals surface area contributed by atoms with Crippen molar-refractivity contribution < 1.29 is 9.47 Å². The zero-order valence-electron chi connectivity index (χ0n) is 11.0. The molecule has 0 bridgehead atoms. The van der Waals surface area contributed by atoms with Crippen molar-refractivity contribution in [2.24, 2.45) is 0 Å². The number of methoxy groups -OCH3 is 1. The third-order valence-electron chi connectivity index (χ3n) is 3.47. The fourth-order valence-corrected chi connectivity index (χ4v) is 2.29. The van der Waals surface area contributed by atoms with E-state index in [9.17, 15) is 0 Å². The van der Waals surface area contributed by atoms with Crippen LogP contribution in [-0.2, 0) is 4.74 Å². The average molecular weight is 235 g/mol. The van der Waals surface area contributed by atoms with Crippen LogP contribution in [0.2, 0.25) is 0 Å². The van der Waals surface area contributed by atoms with Gasteiger partial charge in [-0.3, -0.25) is 0 Å². The molecule has 94 valence electrons. The van der Waals surface area contributed by atoms with E-state index in [0.29, 0.717) is 6.04 Å². The Bertz CT molecular complexity index is 403. The molecule has 17 heavy (non-hydrogen) atoms. The van der Waals surface area contributed by atoms with Crippen LogP contribution in [0.4, 0.5) is 0 Å². The van der Waals surface area contributed by atoms with E-state index in [0.717, 1.165) is 24.5 Å². The summed E-state index contributed by atoms with van der Waals surface area (Å²) in [6.07, 6.45) is 0.0815. The molecule has 1 aliphatic heterocycles. The van der Waals surface area contributed by atoms with Crippen LogP contribution in [0.1, 0.15) is 29.7 Å². The smallest absolute Gasteiger partial charge is 0.125 e. The van der Waals surface area contributed by atoms with Crippen LogP contribution in [0, 0.1) is 13.8 Å². The van der Waals surface area contributed by atoms with Gasteiger partial charge in [0, 0.05) is 18.2 Å². The van der Waals surface area contributed by atoms with Gasteiger partial charge in [0.05, 0.1) is 13.7 Å². The Morgan fingerprint density at radius 1 is 1.29 bits per heavy atom. The van der Waals surface area contributed by atoms with Crippen molar-refractivity contribution in [3.05, 3.63) is 28.8 Å². The van der Waals surface area contributed by atoms with Gasteiger partial charge in [0.25, 0.3) is 0 Å². The lowest BCUT2D eigenvalue weighted by atomic mass is 9.97. The monoisotopic (exact) mass is 235 g/mol. The van der Waals surface area contributed by atoms with Gasteiger partial charge in [0.1, 0.15) is 11.9 Å². The van der Waals surface area contributed by atoms with Crippen LogP contribution in [0.25, 0.3) is 0 Å². The minimum absolute atomic E-state index is 0.0815. The van der Waals surface area contributed by atoms with E-state index in [1.165, 1.54) is 11.1 Å². The number of morpholine rings is 1. The molecule has 3 nitrogen and oxygen atoms in total. The fourth-order valence-electron chi connectivity index (χ4n) is 2.29. The first-order chi connectivity index (χ1) is 8.13. The quantitative estimate of drug-likeness (QED) is 0.853. The molecule has 0 saturated carbocycles. The van der Waals surface area contributed by atoms with Gasteiger partial charge in [-0.15, -0.1) is 0 Å². The topological polar surface area (TPSA) is 30.5 Å². The third kappa shape index (κ3) is 2.45. The highest BCUT2D eigenvalue weighted by atomic mass is 16.5. The largest absolute Gasteiger partial charge is 0.496 e. The summed E-state index contributed by atoms with van der Waals surface area (Å²) in [5.74, 6) is 0.925. The van der Waals surface area contributed by atoms with E-state index in [1.807, 2.05) is 0 Å². The van der Waals surface area contributed by atoms with Gasteiger partial charge in [-0.05, 0) is 44.0 Å². The van der Waals surface area contributed by atoms with Crippen LogP contribution in [0.15, 0.2) is 12.1 Å². The number of ether oxygens (including phenoxy) is 2.